The number of fused-ring (bicyclic) bond motifs is 3. The van der Waals surface area contributed by atoms with Crippen molar-refractivity contribution in [1.82, 2.24) is 4.98 Å². The van der Waals surface area contributed by atoms with Crippen molar-refractivity contribution in [3.63, 3.8) is 0 Å². The van der Waals surface area contributed by atoms with E-state index >= 15 is 0 Å². The average molecular weight is 436 g/mol. The number of nitro benzene ring substituents is 1. The number of nitrogens with one attached hydrogen (secondary N) is 1. The molecule has 2 atom stereocenters. The van der Waals surface area contributed by atoms with Crippen LogP contribution < -0.4 is 10.3 Å². The highest BCUT2D eigenvalue weighted by atomic mass is 16.6. The fourth-order valence-corrected chi connectivity index (χ4v) is 4.53. The lowest BCUT2D eigenvalue weighted by Crippen LogP contribution is -2.48. The first-order valence-corrected chi connectivity index (χ1v) is 10.3. The molecule has 1 aromatic heterocycles. The first-order valence-electron chi connectivity index (χ1n) is 10.3. The predicted molar refractivity (Wildman–Crippen MR) is 121 cm³/mol. The van der Waals surface area contributed by atoms with Crippen molar-refractivity contribution >= 4 is 28.3 Å². The molecule has 0 fully saturated rings. The molecule has 3 aromatic carbocycles. The van der Waals surface area contributed by atoms with E-state index in [2.05, 4.69) is 11.1 Å². The minimum absolute atomic E-state index is 0.0726. The number of benzene rings is 3. The van der Waals surface area contributed by atoms with Gasteiger partial charge in [-0.05, 0) is 17.7 Å². The van der Waals surface area contributed by atoms with E-state index < -0.39 is 16.8 Å². The van der Waals surface area contributed by atoms with E-state index in [4.69, 9.17) is 5.73 Å². The fraction of sp³-hybridized carbons (Fsp3) is 0.0800. The number of aromatic nitrogens is 2. The predicted octanol–water partition coefficient (Wildman–Crippen LogP) is 3.78. The second kappa shape index (κ2) is 7.73. The van der Waals surface area contributed by atoms with E-state index in [-0.39, 0.29) is 22.9 Å². The molecule has 1 aliphatic rings. The topological polar surface area (TPSA) is 130 Å². The lowest BCUT2D eigenvalue weighted by atomic mass is 9.75. The van der Waals surface area contributed by atoms with E-state index in [0.717, 1.165) is 11.0 Å². The number of ketones is 1. The van der Waals surface area contributed by atoms with Gasteiger partial charge in [-0.25, -0.2) is 0 Å². The van der Waals surface area contributed by atoms with Crippen LogP contribution in [0.2, 0.25) is 0 Å². The van der Waals surface area contributed by atoms with Gasteiger partial charge in [-0.3, -0.25) is 19.9 Å². The number of imidazole rings is 1. The first-order chi connectivity index (χ1) is 16.0. The Hall–Kier alpha value is -4.77. The molecule has 3 N–H and O–H groups in total. The Labute approximate surface area is 188 Å². The SMILES string of the molecule is N#CC1=C(N)[n+]2c([nH]c3ccccc32)[C@H](C(=O)c2ccccc2)[C@@H]1c1ccc([N+](=O)[O-])cc1. The summed E-state index contributed by atoms with van der Waals surface area (Å²) in [5.41, 5.74) is 9.29. The molecule has 0 spiro atoms. The summed E-state index contributed by atoms with van der Waals surface area (Å²) in [7, 11) is 0. The highest BCUT2D eigenvalue weighted by Crippen LogP contribution is 2.43. The first kappa shape index (κ1) is 20.2. The van der Waals surface area contributed by atoms with Gasteiger partial charge >= 0.3 is 0 Å². The van der Waals surface area contributed by atoms with E-state index in [1.54, 1.807) is 41.0 Å². The van der Waals surface area contributed by atoms with E-state index in [1.165, 1.54) is 12.1 Å². The molecular formula is C25H18N5O3+. The zero-order chi connectivity index (χ0) is 23.1. The van der Waals surface area contributed by atoms with Gasteiger partial charge in [0, 0.05) is 23.6 Å². The number of para-hydroxylation sites is 2. The average Bonchev–Trinajstić information content (AvgIpc) is 3.24. The third kappa shape index (κ3) is 3.15. The summed E-state index contributed by atoms with van der Waals surface area (Å²) in [6, 6.07) is 24.5. The summed E-state index contributed by atoms with van der Waals surface area (Å²) in [5, 5.41) is 21.3. The van der Waals surface area contributed by atoms with E-state index in [1.807, 2.05) is 30.3 Å². The van der Waals surface area contributed by atoms with Crippen molar-refractivity contribution in [1.29, 1.82) is 5.26 Å². The molecule has 33 heavy (non-hydrogen) atoms. The molecule has 0 saturated carbocycles. The molecule has 0 radical (unpaired) electrons. The quantitative estimate of drug-likeness (QED) is 0.218. The van der Waals surface area contributed by atoms with Crippen molar-refractivity contribution in [2.24, 2.45) is 5.73 Å². The van der Waals surface area contributed by atoms with Gasteiger partial charge < -0.3 is 5.73 Å². The van der Waals surface area contributed by atoms with Crippen LogP contribution in [-0.4, -0.2) is 15.7 Å². The second-order valence-corrected chi connectivity index (χ2v) is 7.81. The molecular weight excluding hydrogens is 418 g/mol. The summed E-state index contributed by atoms with van der Waals surface area (Å²) < 4.78 is 1.72. The monoisotopic (exact) mass is 436 g/mol. The zero-order valence-corrected chi connectivity index (χ0v) is 17.3. The number of carbonyl (C=O) groups excluding carboxylic acids is 1. The van der Waals surface area contributed by atoms with Gasteiger partial charge in [0.15, 0.2) is 5.78 Å². The molecule has 0 bridgehead atoms. The number of nitrogens with two attached hydrogens (primary N) is 1. The lowest BCUT2D eigenvalue weighted by Gasteiger charge is -2.28. The van der Waals surface area contributed by atoms with Crippen LogP contribution in [0.25, 0.3) is 16.9 Å². The molecule has 2 heterocycles. The number of nitro groups is 1. The summed E-state index contributed by atoms with van der Waals surface area (Å²) in [5.74, 6) is -0.894. The number of rotatable bonds is 4. The van der Waals surface area contributed by atoms with Crippen LogP contribution >= 0.6 is 0 Å². The Bertz CT molecular complexity index is 1480. The summed E-state index contributed by atoms with van der Waals surface area (Å²) in [6.45, 7) is 0. The minimum atomic E-state index is -0.789. The number of carbonyl (C=O) groups is 1. The standard InChI is InChI=1S/C25H17N5O3/c26-14-18-21(15-10-12-17(13-11-15)30(32)33)22(23(31)16-6-2-1-3-7-16)25-28-19-8-4-5-9-20(19)29(25)24(18)27/h1-13,21-22H,27H2/p+1/t21-,22+/m1/s1. The van der Waals surface area contributed by atoms with Crippen LogP contribution in [0.4, 0.5) is 5.69 Å². The van der Waals surface area contributed by atoms with E-state index in [9.17, 15) is 20.2 Å². The van der Waals surface area contributed by atoms with Gasteiger partial charge in [-0.2, -0.15) is 9.83 Å². The normalized spacial score (nSPS) is 17.4. The Kier molecular flexibility index (Phi) is 4.72. The van der Waals surface area contributed by atoms with Crippen LogP contribution in [0.5, 0.6) is 0 Å². The van der Waals surface area contributed by atoms with Crippen molar-refractivity contribution in [3.05, 3.63) is 112 Å². The molecule has 1 aliphatic heterocycles. The van der Waals surface area contributed by atoms with E-state index in [0.29, 0.717) is 17.0 Å². The number of nitriles is 1. The molecule has 160 valence electrons. The number of nitrogens with zero attached hydrogens (tertiary/aromatic N) is 3. The third-order valence-electron chi connectivity index (χ3n) is 6.03. The van der Waals surface area contributed by atoms with Gasteiger partial charge in [0.05, 0.1) is 4.92 Å². The van der Waals surface area contributed by atoms with Crippen LogP contribution in [0.3, 0.4) is 0 Å². The number of Topliss-reactive ketones (excluding diaryl/α,β-unsaturated/α-hetero) is 1. The highest BCUT2D eigenvalue weighted by molar-refractivity contribution is 6.02. The largest absolute Gasteiger partial charge is 0.317 e. The Morgan fingerprint density at radius 2 is 1.70 bits per heavy atom. The molecule has 0 unspecified atom stereocenters. The summed E-state index contributed by atoms with van der Waals surface area (Å²) >= 11 is 0. The number of hydrogen-bond acceptors (Lipinski definition) is 5. The molecule has 5 rings (SSSR count). The maximum Gasteiger partial charge on any atom is 0.269 e. The highest BCUT2D eigenvalue weighted by Gasteiger charge is 2.46. The molecule has 4 aromatic rings. The number of non-ortho nitro benzene ring substituents is 1. The van der Waals surface area contributed by atoms with Gasteiger partial charge in [0.2, 0.25) is 11.6 Å². The minimum Gasteiger partial charge on any atom is -0.317 e. The van der Waals surface area contributed by atoms with Crippen LogP contribution in [0, 0.1) is 21.4 Å². The summed E-state index contributed by atoms with van der Waals surface area (Å²) in [6.07, 6.45) is 0. The summed E-state index contributed by atoms with van der Waals surface area (Å²) in [4.78, 5) is 27.8. The smallest absolute Gasteiger partial charge is 0.269 e. The fourth-order valence-electron chi connectivity index (χ4n) is 4.53. The zero-order valence-electron chi connectivity index (χ0n) is 17.3. The molecule has 0 aliphatic carbocycles. The van der Waals surface area contributed by atoms with Gasteiger partial charge in [0.1, 0.15) is 28.6 Å². The number of hydrogen-bond donors (Lipinski definition) is 2. The lowest BCUT2D eigenvalue weighted by molar-refractivity contribution is -0.567. The number of aromatic amines is 1. The molecule has 8 heteroatoms. The Morgan fingerprint density at radius 1 is 1.03 bits per heavy atom. The van der Waals surface area contributed by atoms with Gasteiger partial charge in [0.25, 0.3) is 5.69 Å². The molecule has 0 amide bonds. The van der Waals surface area contributed by atoms with Crippen LogP contribution in [0.15, 0.2) is 84.4 Å². The number of allylic oxidation sites excluding steroid dienone is 1. The maximum atomic E-state index is 13.9. The van der Waals surface area contributed by atoms with Crippen LogP contribution in [-0.2, 0) is 0 Å². The number of H-pyrrole nitrogens is 1. The van der Waals surface area contributed by atoms with Gasteiger partial charge in [-0.1, -0.05) is 54.6 Å². The van der Waals surface area contributed by atoms with Crippen molar-refractivity contribution in [2.45, 2.75) is 11.8 Å². The molecule has 0 saturated heterocycles. The van der Waals surface area contributed by atoms with Crippen molar-refractivity contribution in [2.75, 3.05) is 0 Å². The Balaban J connectivity index is 1.79. The Morgan fingerprint density at radius 3 is 2.36 bits per heavy atom. The van der Waals surface area contributed by atoms with Crippen LogP contribution in [0.1, 0.15) is 33.6 Å². The second-order valence-electron chi connectivity index (χ2n) is 7.81. The van der Waals surface area contributed by atoms with Crippen molar-refractivity contribution in [3.8, 4) is 6.07 Å². The van der Waals surface area contributed by atoms with Gasteiger partial charge in [-0.15, -0.1) is 0 Å². The molecule has 8 nitrogen and oxygen atoms in total. The third-order valence-corrected chi connectivity index (χ3v) is 6.03. The van der Waals surface area contributed by atoms with Crippen molar-refractivity contribution < 1.29 is 14.3 Å². The maximum absolute atomic E-state index is 13.9.